The first-order valence-corrected chi connectivity index (χ1v) is 11.0. The molecule has 2 aromatic rings. The lowest BCUT2D eigenvalue weighted by atomic mass is 9.97. The molecule has 0 bridgehead atoms. The molecule has 166 valence electrons. The molecule has 0 saturated carbocycles. The second kappa shape index (κ2) is 10.3. The van der Waals surface area contributed by atoms with Crippen molar-refractivity contribution < 1.29 is 23.9 Å². The molecule has 0 radical (unpaired) electrons. The van der Waals surface area contributed by atoms with E-state index < -0.39 is 5.91 Å². The van der Waals surface area contributed by atoms with Crippen LogP contribution in [0, 0.1) is 5.92 Å². The van der Waals surface area contributed by atoms with E-state index in [0.717, 1.165) is 6.42 Å². The molecule has 8 nitrogen and oxygen atoms in total. The first-order valence-electron chi connectivity index (χ1n) is 10.2. The van der Waals surface area contributed by atoms with Crippen molar-refractivity contribution >= 4 is 29.1 Å². The van der Waals surface area contributed by atoms with Gasteiger partial charge in [-0.1, -0.05) is 6.07 Å². The van der Waals surface area contributed by atoms with Crippen LogP contribution < -0.4 is 20.3 Å². The summed E-state index contributed by atoms with van der Waals surface area (Å²) >= 11 is 1.39. The van der Waals surface area contributed by atoms with Gasteiger partial charge in [-0.2, -0.15) is 0 Å². The molecule has 9 heteroatoms. The minimum Gasteiger partial charge on any atom is -0.493 e. The van der Waals surface area contributed by atoms with E-state index in [1.54, 1.807) is 29.2 Å². The maximum absolute atomic E-state index is 12.6. The summed E-state index contributed by atoms with van der Waals surface area (Å²) < 4.78 is 10.9. The lowest BCUT2D eigenvalue weighted by molar-refractivity contribution is -0.127. The van der Waals surface area contributed by atoms with Crippen molar-refractivity contribution in [1.29, 1.82) is 0 Å². The molecule has 3 amide bonds. The fourth-order valence-electron chi connectivity index (χ4n) is 3.38. The first kappa shape index (κ1) is 22.6. The zero-order chi connectivity index (χ0) is 22.4. The van der Waals surface area contributed by atoms with Crippen LogP contribution in [-0.2, 0) is 4.79 Å². The van der Waals surface area contributed by atoms with Gasteiger partial charge >= 0.3 is 0 Å². The fraction of sp³-hybridized carbons (Fsp3) is 0.409. The number of likely N-dealkylation sites (tertiary alicyclic amines) is 1. The number of thiophene rings is 1. The van der Waals surface area contributed by atoms with Crippen LogP contribution >= 0.6 is 11.3 Å². The van der Waals surface area contributed by atoms with E-state index in [4.69, 9.17) is 9.47 Å². The van der Waals surface area contributed by atoms with Crippen LogP contribution in [0.5, 0.6) is 11.5 Å². The Balaban J connectivity index is 1.56. The van der Waals surface area contributed by atoms with Crippen molar-refractivity contribution in [3.05, 3.63) is 46.2 Å². The maximum atomic E-state index is 12.6. The molecule has 1 aromatic carbocycles. The largest absolute Gasteiger partial charge is 0.493 e. The number of hydrogen-bond donors (Lipinski definition) is 2. The van der Waals surface area contributed by atoms with E-state index in [-0.39, 0.29) is 23.8 Å². The second-order valence-electron chi connectivity index (χ2n) is 7.54. The topological polar surface area (TPSA) is 97.0 Å². The van der Waals surface area contributed by atoms with Gasteiger partial charge in [-0.15, -0.1) is 11.3 Å². The van der Waals surface area contributed by atoms with Gasteiger partial charge in [0.2, 0.25) is 5.91 Å². The zero-order valence-corrected chi connectivity index (χ0v) is 18.7. The number of benzene rings is 1. The highest BCUT2D eigenvalue weighted by Gasteiger charge is 2.29. The van der Waals surface area contributed by atoms with Crippen LogP contribution in [0.15, 0.2) is 35.7 Å². The van der Waals surface area contributed by atoms with Crippen LogP contribution in [0.1, 0.15) is 46.7 Å². The average molecular weight is 446 g/mol. The predicted molar refractivity (Wildman–Crippen MR) is 117 cm³/mol. The fourth-order valence-corrected chi connectivity index (χ4v) is 4.08. The van der Waals surface area contributed by atoms with E-state index in [1.807, 2.05) is 25.3 Å². The number of carbonyl (C=O) groups is 3. The number of piperidine rings is 1. The molecule has 2 N–H and O–H groups in total. The minimum atomic E-state index is -0.468. The van der Waals surface area contributed by atoms with Crippen LogP contribution in [0.3, 0.4) is 0 Å². The van der Waals surface area contributed by atoms with Gasteiger partial charge in [-0.05, 0) is 56.3 Å². The highest BCUT2D eigenvalue weighted by molar-refractivity contribution is 7.12. The second-order valence-corrected chi connectivity index (χ2v) is 8.49. The highest BCUT2D eigenvalue weighted by atomic mass is 32.1. The molecule has 0 unspecified atom stereocenters. The number of nitrogens with zero attached hydrogens (tertiary/aromatic N) is 1. The number of rotatable bonds is 6. The summed E-state index contributed by atoms with van der Waals surface area (Å²) in [5.74, 6) is -0.256. The highest BCUT2D eigenvalue weighted by Crippen LogP contribution is 2.29. The zero-order valence-electron chi connectivity index (χ0n) is 17.8. The van der Waals surface area contributed by atoms with E-state index >= 15 is 0 Å². The normalized spacial score (nSPS) is 16.0. The summed E-state index contributed by atoms with van der Waals surface area (Å²) in [6, 6.07) is 8.43. The lowest BCUT2D eigenvalue weighted by Gasteiger charge is -2.31. The number of carbonyl (C=O) groups excluding carboxylic acids is 3. The van der Waals surface area contributed by atoms with Gasteiger partial charge < -0.3 is 14.4 Å². The van der Waals surface area contributed by atoms with Gasteiger partial charge in [-0.25, -0.2) is 0 Å². The molecule has 1 aromatic heterocycles. The molecule has 0 aliphatic carbocycles. The average Bonchev–Trinajstić information content (AvgIpc) is 3.31. The van der Waals surface area contributed by atoms with E-state index in [1.165, 1.54) is 18.4 Å². The van der Waals surface area contributed by atoms with Crippen molar-refractivity contribution in [2.24, 2.45) is 5.92 Å². The van der Waals surface area contributed by atoms with Crippen molar-refractivity contribution in [3.63, 3.8) is 0 Å². The molecule has 31 heavy (non-hydrogen) atoms. The molecule has 0 spiro atoms. The Hall–Kier alpha value is -3.07. The van der Waals surface area contributed by atoms with Gasteiger partial charge in [-0.3, -0.25) is 25.2 Å². The summed E-state index contributed by atoms with van der Waals surface area (Å²) in [5.41, 5.74) is 5.25. The molecule has 1 saturated heterocycles. The van der Waals surface area contributed by atoms with Crippen LogP contribution in [0.2, 0.25) is 0 Å². The molecule has 1 fully saturated rings. The monoisotopic (exact) mass is 445 g/mol. The summed E-state index contributed by atoms with van der Waals surface area (Å²) in [4.78, 5) is 40.0. The van der Waals surface area contributed by atoms with Crippen molar-refractivity contribution in [3.8, 4) is 11.5 Å². The van der Waals surface area contributed by atoms with Gasteiger partial charge in [0.05, 0.1) is 24.0 Å². The Morgan fingerprint density at radius 1 is 1.16 bits per heavy atom. The van der Waals surface area contributed by atoms with Crippen LogP contribution in [-0.4, -0.2) is 48.9 Å². The third kappa shape index (κ3) is 5.75. The predicted octanol–water partition coefficient (Wildman–Crippen LogP) is 2.86. The summed E-state index contributed by atoms with van der Waals surface area (Å²) in [7, 11) is 1.50. The summed E-state index contributed by atoms with van der Waals surface area (Å²) in [6.45, 7) is 4.75. The van der Waals surface area contributed by atoms with Gasteiger partial charge in [0.25, 0.3) is 11.8 Å². The van der Waals surface area contributed by atoms with E-state index in [0.29, 0.717) is 41.4 Å². The number of hydrogen-bond acceptors (Lipinski definition) is 6. The van der Waals surface area contributed by atoms with Gasteiger partial charge in [0.15, 0.2) is 11.5 Å². The summed E-state index contributed by atoms with van der Waals surface area (Å²) in [5, 5.41) is 1.85. The molecule has 1 aliphatic heterocycles. The molecular formula is C22H27N3O5S. The quantitative estimate of drug-likeness (QED) is 0.667. The summed E-state index contributed by atoms with van der Waals surface area (Å²) in [6.07, 6.45) is 1.36. The Bertz CT molecular complexity index is 929. The smallest absolute Gasteiger partial charge is 0.269 e. The van der Waals surface area contributed by atoms with Gasteiger partial charge in [0, 0.05) is 18.7 Å². The maximum Gasteiger partial charge on any atom is 0.269 e. The van der Waals surface area contributed by atoms with Crippen LogP contribution in [0.25, 0.3) is 0 Å². The molecule has 3 rings (SSSR count). The van der Waals surface area contributed by atoms with Gasteiger partial charge in [0.1, 0.15) is 0 Å². The Morgan fingerprint density at radius 3 is 2.65 bits per heavy atom. The molecule has 1 atom stereocenters. The number of ether oxygens (including phenoxy) is 2. The van der Waals surface area contributed by atoms with E-state index in [2.05, 4.69) is 10.9 Å². The number of methoxy groups -OCH3 is 1. The standard InChI is InChI=1S/C22H27N3O5S/c1-14(2)30-17-9-8-15(12-18(17)29-3)20(26)23-24-21(27)16-6-4-10-25(13-16)22(28)19-7-5-11-31-19/h5,7-9,11-12,14,16H,4,6,10,13H2,1-3H3,(H,23,26)(H,24,27)/t16-/m0/s1. The molecule has 2 heterocycles. The third-order valence-corrected chi connectivity index (χ3v) is 5.76. The van der Waals surface area contributed by atoms with Crippen molar-refractivity contribution in [1.82, 2.24) is 15.8 Å². The number of amides is 3. The molecule has 1 aliphatic rings. The lowest BCUT2D eigenvalue weighted by Crippen LogP contribution is -2.50. The van der Waals surface area contributed by atoms with Crippen LogP contribution in [0.4, 0.5) is 0 Å². The molecular weight excluding hydrogens is 418 g/mol. The third-order valence-electron chi connectivity index (χ3n) is 4.90. The Morgan fingerprint density at radius 2 is 1.97 bits per heavy atom. The Labute approximate surface area is 185 Å². The van der Waals surface area contributed by atoms with Crippen molar-refractivity contribution in [2.45, 2.75) is 32.8 Å². The van der Waals surface area contributed by atoms with E-state index in [9.17, 15) is 14.4 Å². The first-order chi connectivity index (χ1) is 14.9. The number of nitrogens with one attached hydrogen (secondary N) is 2. The number of hydrazine groups is 1. The SMILES string of the molecule is COc1cc(C(=O)NNC(=O)[C@H]2CCCN(C(=O)c3cccs3)C2)ccc1OC(C)C. The van der Waals surface area contributed by atoms with Crippen molar-refractivity contribution in [2.75, 3.05) is 20.2 Å². The Kier molecular flexibility index (Phi) is 7.51. The minimum absolute atomic E-state index is 0.0328.